The molecule has 0 saturated heterocycles. The van der Waals surface area contributed by atoms with Gasteiger partial charge in [0.25, 0.3) is 0 Å². The van der Waals surface area contributed by atoms with E-state index in [1.54, 1.807) is 38.2 Å². The van der Waals surface area contributed by atoms with Gasteiger partial charge in [0, 0.05) is 7.05 Å². The highest BCUT2D eigenvalue weighted by molar-refractivity contribution is 7.89. The van der Waals surface area contributed by atoms with Crippen LogP contribution in [-0.2, 0) is 10.0 Å². The number of sulfonamides is 1. The SMILES string of the molecule is CC(NC(=O)N(C)C(C)c1ccc(F)cc1)c1cccc(S(N)(=O)=O)c1. The van der Waals surface area contributed by atoms with Crippen molar-refractivity contribution in [1.82, 2.24) is 10.2 Å². The normalized spacial score (nSPS) is 13.7. The fraction of sp³-hybridized carbons (Fsp3) is 0.278. The number of rotatable bonds is 5. The van der Waals surface area contributed by atoms with Gasteiger partial charge in [0.15, 0.2) is 0 Å². The molecule has 2 rings (SSSR count). The maximum absolute atomic E-state index is 13.0. The van der Waals surface area contributed by atoms with Crippen LogP contribution in [0.5, 0.6) is 0 Å². The van der Waals surface area contributed by atoms with E-state index in [2.05, 4.69) is 5.32 Å². The van der Waals surface area contributed by atoms with Crippen molar-refractivity contribution < 1.29 is 17.6 Å². The summed E-state index contributed by atoms with van der Waals surface area (Å²) in [7, 11) is -2.17. The first kappa shape index (κ1) is 19.9. The van der Waals surface area contributed by atoms with Crippen LogP contribution >= 0.6 is 0 Å². The lowest BCUT2D eigenvalue weighted by atomic mass is 10.1. The minimum Gasteiger partial charge on any atom is -0.331 e. The van der Waals surface area contributed by atoms with Gasteiger partial charge in [-0.25, -0.2) is 22.7 Å². The molecule has 0 saturated carbocycles. The van der Waals surface area contributed by atoms with Gasteiger partial charge in [-0.1, -0.05) is 24.3 Å². The fourth-order valence-corrected chi connectivity index (χ4v) is 3.04. The summed E-state index contributed by atoms with van der Waals surface area (Å²) in [6, 6.07) is 11.0. The number of nitrogens with two attached hydrogens (primary N) is 1. The van der Waals surface area contributed by atoms with Gasteiger partial charge in [-0.15, -0.1) is 0 Å². The average molecular weight is 379 g/mol. The van der Waals surface area contributed by atoms with Crippen molar-refractivity contribution in [3.8, 4) is 0 Å². The van der Waals surface area contributed by atoms with E-state index in [0.29, 0.717) is 5.56 Å². The van der Waals surface area contributed by atoms with Gasteiger partial charge < -0.3 is 10.2 Å². The van der Waals surface area contributed by atoms with Gasteiger partial charge in [-0.3, -0.25) is 0 Å². The summed E-state index contributed by atoms with van der Waals surface area (Å²) in [5.74, 6) is -0.337. The number of halogens is 1. The molecule has 0 heterocycles. The van der Waals surface area contributed by atoms with Crippen LogP contribution in [0.2, 0.25) is 0 Å². The quantitative estimate of drug-likeness (QED) is 0.836. The number of amides is 2. The summed E-state index contributed by atoms with van der Waals surface area (Å²) in [5, 5.41) is 7.95. The Hall–Kier alpha value is -2.45. The van der Waals surface area contributed by atoms with Gasteiger partial charge in [0.2, 0.25) is 10.0 Å². The van der Waals surface area contributed by atoms with Crippen molar-refractivity contribution in [1.29, 1.82) is 0 Å². The summed E-state index contributed by atoms with van der Waals surface area (Å²) in [6.07, 6.45) is 0. The van der Waals surface area contributed by atoms with Crippen LogP contribution in [0.15, 0.2) is 53.4 Å². The second-order valence-electron chi connectivity index (χ2n) is 6.13. The van der Waals surface area contributed by atoms with Crippen molar-refractivity contribution in [3.05, 3.63) is 65.5 Å². The van der Waals surface area contributed by atoms with Crippen LogP contribution in [0.4, 0.5) is 9.18 Å². The van der Waals surface area contributed by atoms with Gasteiger partial charge in [0.1, 0.15) is 5.82 Å². The summed E-state index contributed by atoms with van der Waals surface area (Å²) in [4.78, 5) is 14.0. The minimum atomic E-state index is -3.81. The van der Waals surface area contributed by atoms with Crippen LogP contribution in [0.1, 0.15) is 37.1 Å². The predicted octanol–water partition coefficient (Wildman–Crippen LogP) is 2.94. The number of carbonyl (C=O) groups excluding carboxylic acids is 1. The number of carbonyl (C=O) groups is 1. The molecule has 8 heteroatoms. The molecule has 140 valence electrons. The Labute approximate surface area is 152 Å². The van der Waals surface area contributed by atoms with E-state index in [-0.39, 0.29) is 22.8 Å². The van der Waals surface area contributed by atoms with E-state index in [0.717, 1.165) is 5.56 Å². The number of benzene rings is 2. The number of hydrogen-bond donors (Lipinski definition) is 2. The molecule has 0 aliphatic rings. The first-order chi connectivity index (χ1) is 12.1. The lowest BCUT2D eigenvalue weighted by Crippen LogP contribution is -2.40. The van der Waals surface area contributed by atoms with Gasteiger partial charge in [-0.2, -0.15) is 0 Å². The lowest BCUT2D eigenvalue weighted by molar-refractivity contribution is 0.191. The molecule has 0 fully saturated rings. The van der Waals surface area contributed by atoms with Gasteiger partial charge >= 0.3 is 6.03 Å². The summed E-state index contributed by atoms with van der Waals surface area (Å²) >= 11 is 0. The fourth-order valence-electron chi connectivity index (χ4n) is 2.47. The minimum absolute atomic E-state index is 0.0101. The van der Waals surface area contributed by atoms with E-state index >= 15 is 0 Å². The van der Waals surface area contributed by atoms with Gasteiger partial charge in [0.05, 0.1) is 17.0 Å². The topological polar surface area (TPSA) is 92.5 Å². The smallest absolute Gasteiger partial charge is 0.318 e. The van der Waals surface area contributed by atoms with E-state index in [9.17, 15) is 17.6 Å². The van der Waals surface area contributed by atoms with E-state index in [4.69, 9.17) is 5.14 Å². The molecule has 0 aliphatic heterocycles. The third kappa shape index (κ3) is 4.80. The zero-order valence-electron chi connectivity index (χ0n) is 14.8. The van der Waals surface area contributed by atoms with Crippen molar-refractivity contribution >= 4 is 16.1 Å². The lowest BCUT2D eigenvalue weighted by Gasteiger charge is -2.27. The molecule has 26 heavy (non-hydrogen) atoms. The van der Waals surface area contributed by atoms with Crippen LogP contribution in [0.3, 0.4) is 0 Å². The largest absolute Gasteiger partial charge is 0.331 e. The average Bonchev–Trinajstić information content (AvgIpc) is 2.60. The van der Waals surface area contributed by atoms with Crippen LogP contribution in [-0.4, -0.2) is 26.4 Å². The van der Waals surface area contributed by atoms with Crippen LogP contribution in [0, 0.1) is 5.82 Å². The summed E-state index contributed by atoms with van der Waals surface area (Å²) in [5.41, 5.74) is 1.42. The molecular formula is C18H22FN3O3S. The molecule has 2 aromatic carbocycles. The van der Waals surface area contributed by atoms with E-state index < -0.39 is 16.1 Å². The Morgan fingerprint density at radius 3 is 2.31 bits per heavy atom. The molecule has 3 N–H and O–H groups in total. The molecule has 0 spiro atoms. The first-order valence-corrected chi connectivity index (χ1v) is 9.56. The van der Waals surface area contributed by atoms with Crippen molar-refractivity contribution in [3.63, 3.8) is 0 Å². The highest BCUT2D eigenvalue weighted by atomic mass is 32.2. The molecule has 0 radical (unpaired) electrons. The highest BCUT2D eigenvalue weighted by Gasteiger charge is 2.20. The predicted molar refractivity (Wildman–Crippen MR) is 97.3 cm³/mol. The maximum Gasteiger partial charge on any atom is 0.318 e. The standard InChI is InChI=1S/C18H22FN3O3S/c1-12(15-5-4-6-17(11-15)26(20,24)25)21-18(23)22(3)13(2)14-7-9-16(19)10-8-14/h4-13H,1-3H3,(H,21,23)(H2,20,24,25). The molecule has 2 unspecified atom stereocenters. The van der Waals surface area contributed by atoms with Crippen LogP contribution < -0.4 is 10.5 Å². The zero-order valence-corrected chi connectivity index (χ0v) is 15.6. The molecule has 2 amide bonds. The number of primary sulfonamides is 1. The first-order valence-electron chi connectivity index (χ1n) is 8.01. The van der Waals surface area contributed by atoms with E-state index in [1.165, 1.54) is 29.2 Å². The highest BCUT2D eigenvalue weighted by Crippen LogP contribution is 2.21. The van der Waals surface area contributed by atoms with Gasteiger partial charge in [-0.05, 0) is 49.2 Å². The summed E-state index contributed by atoms with van der Waals surface area (Å²) in [6.45, 7) is 3.58. The molecule has 2 aromatic rings. The number of hydrogen-bond acceptors (Lipinski definition) is 3. The molecule has 2 atom stereocenters. The molecule has 0 aromatic heterocycles. The Balaban J connectivity index is 2.09. The second-order valence-corrected chi connectivity index (χ2v) is 7.69. The Morgan fingerprint density at radius 2 is 1.73 bits per heavy atom. The van der Waals surface area contributed by atoms with Crippen molar-refractivity contribution in [2.24, 2.45) is 5.14 Å². The number of nitrogens with zero attached hydrogens (tertiary/aromatic N) is 1. The third-order valence-electron chi connectivity index (χ3n) is 4.28. The second kappa shape index (κ2) is 7.84. The molecular weight excluding hydrogens is 357 g/mol. The Kier molecular flexibility index (Phi) is 5.99. The molecule has 0 bridgehead atoms. The van der Waals surface area contributed by atoms with Crippen molar-refractivity contribution in [2.75, 3.05) is 7.05 Å². The third-order valence-corrected chi connectivity index (χ3v) is 5.19. The van der Waals surface area contributed by atoms with Crippen LogP contribution in [0.25, 0.3) is 0 Å². The molecule has 6 nitrogen and oxygen atoms in total. The van der Waals surface area contributed by atoms with E-state index in [1.807, 2.05) is 6.92 Å². The monoisotopic (exact) mass is 379 g/mol. The number of urea groups is 1. The zero-order chi connectivity index (χ0) is 19.5. The molecule has 0 aliphatic carbocycles. The Morgan fingerprint density at radius 1 is 1.12 bits per heavy atom. The van der Waals surface area contributed by atoms with Crippen molar-refractivity contribution in [2.45, 2.75) is 30.8 Å². The summed E-state index contributed by atoms with van der Waals surface area (Å²) < 4.78 is 36.0. The maximum atomic E-state index is 13.0. The Bertz CT molecular complexity index is 885. The number of nitrogens with one attached hydrogen (secondary N) is 1.